The maximum atomic E-state index is 13.7. The van der Waals surface area contributed by atoms with E-state index in [2.05, 4.69) is 4.98 Å². The van der Waals surface area contributed by atoms with Gasteiger partial charge in [-0.3, -0.25) is 4.79 Å². The average molecular weight is 265 g/mol. The minimum atomic E-state index is -0.366. The van der Waals surface area contributed by atoms with E-state index >= 15 is 0 Å². The van der Waals surface area contributed by atoms with E-state index < -0.39 is 0 Å². The Morgan fingerprint density at radius 3 is 2.65 bits per heavy atom. The van der Waals surface area contributed by atoms with Crippen LogP contribution in [-0.2, 0) is 6.42 Å². The molecular formula is C17H12FNO. The van der Waals surface area contributed by atoms with Gasteiger partial charge in [0.1, 0.15) is 5.82 Å². The number of hydrogen-bond donors (Lipinski definition) is 1. The van der Waals surface area contributed by atoms with Crippen LogP contribution in [0.1, 0.15) is 22.3 Å². The number of aryl methyl sites for hydroxylation is 1. The zero-order chi connectivity index (χ0) is 13.7. The van der Waals surface area contributed by atoms with Gasteiger partial charge in [-0.15, -0.1) is 0 Å². The Morgan fingerprint density at radius 1 is 1.05 bits per heavy atom. The molecule has 0 bridgehead atoms. The molecule has 1 aliphatic rings. The summed E-state index contributed by atoms with van der Waals surface area (Å²) in [4.78, 5) is 15.3. The number of aromatic amines is 1. The second kappa shape index (κ2) is 4.04. The first-order valence-corrected chi connectivity index (χ1v) is 6.67. The molecule has 1 heterocycles. The summed E-state index contributed by atoms with van der Waals surface area (Å²) in [6, 6.07) is 12.8. The first-order valence-electron chi connectivity index (χ1n) is 6.67. The normalized spacial score (nSPS) is 13.9. The molecule has 2 aromatic carbocycles. The Labute approximate surface area is 115 Å². The third-order valence-electron chi connectivity index (χ3n) is 3.93. The van der Waals surface area contributed by atoms with E-state index in [1.165, 1.54) is 12.1 Å². The van der Waals surface area contributed by atoms with Crippen LogP contribution in [0, 0.1) is 5.82 Å². The smallest absolute Gasteiger partial charge is 0.164 e. The summed E-state index contributed by atoms with van der Waals surface area (Å²) in [5, 5.41) is 0.890. The molecule has 0 saturated carbocycles. The molecule has 0 radical (unpaired) electrons. The van der Waals surface area contributed by atoms with Crippen LogP contribution in [0.15, 0.2) is 42.5 Å². The highest BCUT2D eigenvalue weighted by Crippen LogP contribution is 2.37. The van der Waals surface area contributed by atoms with Crippen LogP contribution in [0.25, 0.3) is 22.2 Å². The fraction of sp³-hybridized carbons (Fsp3) is 0.118. The molecule has 2 nitrogen and oxygen atoms in total. The maximum Gasteiger partial charge on any atom is 0.164 e. The monoisotopic (exact) mass is 265 g/mol. The summed E-state index contributed by atoms with van der Waals surface area (Å²) in [6.45, 7) is 0. The average Bonchev–Trinajstić information content (AvgIpc) is 2.83. The van der Waals surface area contributed by atoms with Gasteiger partial charge in [-0.05, 0) is 29.7 Å². The highest BCUT2D eigenvalue weighted by Gasteiger charge is 2.24. The third-order valence-corrected chi connectivity index (χ3v) is 3.93. The van der Waals surface area contributed by atoms with Crippen LogP contribution in [-0.4, -0.2) is 10.8 Å². The molecule has 0 amide bonds. The fourth-order valence-corrected chi connectivity index (χ4v) is 3.06. The molecule has 0 spiro atoms. The highest BCUT2D eigenvalue weighted by atomic mass is 19.1. The molecule has 0 saturated heterocycles. The van der Waals surface area contributed by atoms with Crippen molar-refractivity contribution in [2.45, 2.75) is 12.8 Å². The zero-order valence-electron chi connectivity index (χ0n) is 10.7. The van der Waals surface area contributed by atoms with Crippen molar-refractivity contribution in [3.8, 4) is 11.3 Å². The number of aromatic nitrogens is 1. The molecule has 1 N–H and O–H groups in total. The largest absolute Gasteiger partial charge is 0.354 e. The van der Waals surface area contributed by atoms with Crippen LogP contribution < -0.4 is 0 Å². The van der Waals surface area contributed by atoms with Crippen LogP contribution in [0.3, 0.4) is 0 Å². The second-order valence-electron chi connectivity index (χ2n) is 5.14. The van der Waals surface area contributed by atoms with Crippen molar-refractivity contribution in [3.05, 3.63) is 59.4 Å². The molecule has 98 valence electrons. The van der Waals surface area contributed by atoms with Gasteiger partial charge in [-0.25, -0.2) is 4.39 Å². The number of benzene rings is 2. The highest BCUT2D eigenvalue weighted by molar-refractivity contribution is 6.12. The summed E-state index contributed by atoms with van der Waals surface area (Å²) in [7, 11) is 0. The lowest BCUT2D eigenvalue weighted by atomic mass is 9.89. The van der Waals surface area contributed by atoms with E-state index in [9.17, 15) is 9.18 Å². The van der Waals surface area contributed by atoms with Gasteiger partial charge in [0.15, 0.2) is 5.78 Å². The summed E-state index contributed by atoms with van der Waals surface area (Å²) in [6.07, 6.45) is 1.16. The number of halogens is 1. The van der Waals surface area contributed by atoms with Crippen molar-refractivity contribution in [2.75, 3.05) is 0 Å². The van der Waals surface area contributed by atoms with E-state index in [4.69, 9.17) is 0 Å². The summed E-state index contributed by atoms with van der Waals surface area (Å²) < 4.78 is 13.7. The molecule has 1 aromatic heterocycles. The van der Waals surface area contributed by atoms with E-state index in [0.717, 1.165) is 22.2 Å². The molecule has 0 unspecified atom stereocenters. The molecule has 0 fully saturated rings. The van der Waals surface area contributed by atoms with E-state index in [1.54, 1.807) is 0 Å². The minimum Gasteiger partial charge on any atom is -0.354 e. The van der Waals surface area contributed by atoms with Gasteiger partial charge >= 0.3 is 0 Å². The van der Waals surface area contributed by atoms with E-state index in [1.807, 2.05) is 30.3 Å². The molecule has 0 aliphatic heterocycles. The molecule has 3 aromatic rings. The van der Waals surface area contributed by atoms with Crippen molar-refractivity contribution in [3.63, 3.8) is 0 Å². The Bertz CT molecular complexity index is 833. The molecule has 0 atom stereocenters. The quantitative estimate of drug-likeness (QED) is 0.706. The predicted molar refractivity (Wildman–Crippen MR) is 76.3 cm³/mol. The van der Waals surface area contributed by atoms with Gasteiger partial charge in [0, 0.05) is 28.6 Å². The van der Waals surface area contributed by atoms with Gasteiger partial charge in [0.25, 0.3) is 0 Å². The van der Waals surface area contributed by atoms with Gasteiger partial charge in [-0.1, -0.05) is 30.3 Å². The summed E-state index contributed by atoms with van der Waals surface area (Å²) in [5.41, 5.74) is 4.42. The van der Waals surface area contributed by atoms with Crippen LogP contribution in [0.2, 0.25) is 0 Å². The van der Waals surface area contributed by atoms with Crippen molar-refractivity contribution < 1.29 is 9.18 Å². The van der Waals surface area contributed by atoms with Gasteiger partial charge in [0.2, 0.25) is 0 Å². The van der Waals surface area contributed by atoms with Crippen LogP contribution in [0.5, 0.6) is 0 Å². The van der Waals surface area contributed by atoms with E-state index in [-0.39, 0.29) is 11.6 Å². The van der Waals surface area contributed by atoms with Gasteiger partial charge in [0.05, 0.1) is 0 Å². The predicted octanol–water partition coefficient (Wildman–Crippen LogP) is 4.10. The number of ketones is 1. The molecule has 1 aliphatic carbocycles. The van der Waals surface area contributed by atoms with Gasteiger partial charge < -0.3 is 4.98 Å². The Morgan fingerprint density at radius 2 is 1.85 bits per heavy atom. The first kappa shape index (κ1) is 11.4. The number of carbonyl (C=O) groups is 1. The minimum absolute atomic E-state index is 0.0283. The van der Waals surface area contributed by atoms with Crippen molar-refractivity contribution in [2.24, 2.45) is 0 Å². The lowest BCUT2D eigenvalue weighted by Gasteiger charge is -2.12. The third kappa shape index (κ3) is 1.53. The lowest BCUT2D eigenvalue weighted by Crippen LogP contribution is -2.08. The lowest BCUT2D eigenvalue weighted by molar-refractivity contribution is 0.0981. The first-order chi connectivity index (χ1) is 9.74. The zero-order valence-corrected chi connectivity index (χ0v) is 10.7. The summed E-state index contributed by atoms with van der Waals surface area (Å²) >= 11 is 0. The van der Waals surface area contributed by atoms with Crippen molar-refractivity contribution in [1.82, 2.24) is 4.98 Å². The maximum absolute atomic E-state index is 13.7. The number of H-pyrrole nitrogens is 1. The fourth-order valence-electron chi connectivity index (χ4n) is 3.06. The van der Waals surface area contributed by atoms with Crippen LogP contribution in [0.4, 0.5) is 4.39 Å². The van der Waals surface area contributed by atoms with E-state index in [0.29, 0.717) is 23.9 Å². The summed E-state index contributed by atoms with van der Waals surface area (Å²) in [5.74, 6) is -0.337. The number of carbonyl (C=O) groups excluding carboxylic acids is 1. The van der Waals surface area contributed by atoms with Gasteiger partial charge in [-0.2, -0.15) is 0 Å². The van der Waals surface area contributed by atoms with Crippen molar-refractivity contribution >= 4 is 16.7 Å². The topological polar surface area (TPSA) is 32.9 Å². The Kier molecular flexibility index (Phi) is 2.30. The number of rotatable bonds is 1. The number of Topliss-reactive ketones (excluding diaryl/α,β-unsaturated/α-hetero) is 1. The molecule has 3 heteroatoms. The Hall–Kier alpha value is -2.42. The standard InChI is InChI=1S/C17H12FNO/c18-11-8-13-15(20)7-6-12-16(13)14(9-11)19-17(12)10-4-2-1-3-5-10/h1-5,8-9,19H,6-7H2. The number of hydrogen-bond acceptors (Lipinski definition) is 1. The number of nitrogens with one attached hydrogen (secondary N) is 1. The van der Waals surface area contributed by atoms with Crippen molar-refractivity contribution in [1.29, 1.82) is 0 Å². The Balaban J connectivity index is 2.09. The van der Waals surface area contributed by atoms with Crippen LogP contribution >= 0.6 is 0 Å². The molecular weight excluding hydrogens is 253 g/mol. The molecule has 4 rings (SSSR count). The second-order valence-corrected chi connectivity index (χ2v) is 5.14. The SMILES string of the molecule is O=C1CCc2c(-c3ccccc3)[nH]c3cc(F)cc1c23. The molecule has 20 heavy (non-hydrogen) atoms.